The van der Waals surface area contributed by atoms with Gasteiger partial charge in [0.05, 0.1) is 0 Å². The molecule has 5 heteroatoms. The molecule has 0 bridgehead atoms. The lowest BCUT2D eigenvalue weighted by Crippen LogP contribution is -2.53. The Balaban J connectivity index is 2.39. The van der Waals surface area contributed by atoms with Crippen molar-refractivity contribution in [1.29, 1.82) is 0 Å². The Bertz CT molecular complexity index is 241. The second-order valence-electron chi connectivity index (χ2n) is 4.33. The van der Waals surface area contributed by atoms with Crippen LogP contribution in [0.1, 0.15) is 26.7 Å². The van der Waals surface area contributed by atoms with Crippen molar-refractivity contribution >= 4 is 29.0 Å². The number of nitrogens with two attached hydrogens (primary N) is 1. The second kappa shape index (κ2) is 7.56. The Labute approximate surface area is 114 Å². The minimum atomic E-state index is -0.335. The van der Waals surface area contributed by atoms with Crippen molar-refractivity contribution in [3.8, 4) is 0 Å². The molecule has 17 heavy (non-hydrogen) atoms. The zero-order valence-electron chi connectivity index (χ0n) is 10.9. The summed E-state index contributed by atoms with van der Waals surface area (Å²) in [5, 5.41) is 0. The van der Waals surface area contributed by atoms with E-state index in [1.807, 2.05) is 18.7 Å². The van der Waals surface area contributed by atoms with Crippen LogP contribution in [0.15, 0.2) is 0 Å². The first kappa shape index (κ1) is 15.2. The Morgan fingerprint density at radius 2 is 2.06 bits per heavy atom. The molecule has 100 valence electrons. The van der Waals surface area contributed by atoms with E-state index in [1.165, 1.54) is 11.5 Å². The van der Waals surface area contributed by atoms with Gasteiger partial charge in [-0.3, -0.25) is 0 Å². The highest BCUT2D eigenvalue weighted by atomic mass is 32.2. The van der Waals surface area contributed by atoms with Crippen LogP contribution in [0.5, 0.6) is 0 Å². The quantitative estimate of drug-likeness (QED) is 0.568. The molecule has 1 aliphatic heterocycles. The van der Waals surface area contributed by atoms with Crippen LogP contribution in [0, 0.1) is 0 Å². The maximum Gasteiger partial charge on any atom is 0.120 e. The fourth-order valence-corrected chi connectivity index (χ4v) is 3.15. The van der Waals surface area contributed by atoms with Crippen molar-refractivity contribution in [3.63, 3.8) is 0 Å². The van der Waals surface area contributed by atoms with Crippen LogP contribution in [-0.4, -0.2) is 53.2 Å². The van der Waals surface area contributed by atoms with E-state index in [-0.39, 0.29) is 5.60 Å². The number of thioether (sulfide) groups is 1. The predicted octanol–water partition coefficient (Wildman–Crippen LogP) is 1.90. The van der Waals surface area contributed by atoms with E-state index in [1.54, 1.807) is 0 Å². The first-order valence-electron chi connectivity index (χ1n) is 6.38. The van der Waals surface area contributed by atoms with Gasteiger partial charge in [-0.25, -0.2) is 0 Å². The molecule has 0 aromatic rings. The van der Waals surface area contributed by atoms with Crippen molar-refractivity contribution in [2.45, 2.75) is 32.3 Å². The summed E-state index contributed by atoms with van der Waals surface area (Å²) in [6.07, 6.45) is 1.87. The average Bonchev–Trinajstić information content (AvgIpc) is 2.32. The van der Waals surface area contributed by atoms with Crippen LogP contribution in [0.4, 0.5) is 0 Å². The maximum atomic E-state index is 5.84. The van der Waals surface area contributed by atoms with Crippen molar-refractivity contribution in [1.82, 2.24) is 4.90 Å². The summed E-state index contributed by atoms with van der Waals surface area (Å²) in [5.74, 6) is 2.41. The highest BCUT2D eigenvalue weighted by molar-refractivity contribution is 7.99. The Morgan fingerprint density at radius 3 is 2.53 bits per heavy atom. The minimum Gasteiger partial charge on any atom is -0.391 e. The molecule has 2 N–H and O–H groups in total. The first-order chi connectivity index (χ1) is 8.14. The number of hydrogen-bond acceptors (Lipinski definition) is 4. The molecule has 0 amide bonds. The van der Waals surface area contributed by atoms with Gasteiger partial charge in [0.2, 0.25) is 0 Å². The van der Waals surface area contributed by atoms with Crippen molar-refractivity contribution in [2.24, 2.45) is 5.73 Å². The van der Waals surface area contributed by atoms with Crippen LogP contribution in [-0.2, 0) is 4.74 Å². The Morgan fingerprint density at radius 1 is 1.41 bits per heavy atom. The third-order valence-electron chi connectivity index (χ3n) is 3.29. The van der Waals surface area contributed by atoms with Gasteiger partial charge in [0, 0.05) is 32.0 Å². The molecule has 1 aliphatic rings. The summed E-state index contributed by atoms with van der Waals surface area (Å²) in [5.41, 5.74) is 5.50. The minimum absolute atomic E-state index is 0.335. The largest absolute Gasteiger partial charge is 0.391 e. The average molecular weight is 276 g/mol. The third kappa shape index (κ3) is 4.39. The number of thiocarbonyl (C=S) groups is 1. The first-order valence-corrected chi connectivity index (χ1v) is 7.95. The molecule has 0 radical (unpaired) electrons. The van der Waals surface area contributed by atoms with Crippen LogP contribution >= 0.6 is 24.0 Å². The maximum absolute atomic E-state index is 5.84. The van der Waals surface area contributed by atoms with E-state index < -0.39 is 0 Å². The molecule has 0 aliphatic carbocycles. The van der Waals surface area contributed by atoms with Crippen LogP contribution < -0.4 is 5.73 Å². The van der Waals surface area contributed by atoms with Gasteiger partial charge in [0.1, 0.15) is 10.6 Å². The lowest BCUT2D eigenvalue weighted by Gasteiger charge is -2.40. The fourth-order valence-electron chi connectivity index (χ4n) is 2.21. The number of rotatable bonds is 7. The smallest absolute Gasteiger partial charge is 0.120 e. The summed E-state index contributed by atoms with van der Waals surface area (Å²) in [7, 11) is 0. The summed E-state index contributed by atoms with van der Waals surface area (Å²) in [6, 6.07) is 0. The summed E-state index contributed by atoms with van der Waals surface area (Å²) in [4.78, 5) is 3.01. The molecule has 3 nitrogen and oxygen atoms in total. The number of likely N-dealkylation sites (tertiary alicyclic amines) is 1. The monoisotopic (exact) mass is 276 g/mol. The normalized spacial score (nSPS) is 20.4. The molecule has 1 rings (SSSR count). The molecular weight excluding hydrogens is 252 g/mol. The molecule has 0 aromatic carbocycles. The number of ether oxygens (including phenoxy) is 1. The summed E-state index contributed by atoms with van der Waals surface area (Å²) < 4.78 is 5.81. The van der Waals surface area contributed by atoms with Crippen LogP contribution in [0.2, 0.25) is 0 Å². The van der Waals surface area contributed by atoms with Gasteiger partial charge in [0.15, 0.2) is 0 Å². The van der Waals surface area contributed by atoms with Crippen LogP contribution in [0.25, 0.3) is 0 Å². The van der Waals surface area contributed by atoms with Gasteiger partial charge in [-0.2, -0.15) is 11.8 Å². The van der Waals surface area contributed by atoms with E-state index >= 15 is 0 Å². The van der Waals surface area contributed by atoms with E-state index in [0.717, 1.165) is 32.5 Å². The third-order valence-corrected chi connectivity index (χ3v) is 4.54. The highest BCUT2D eigenvalue weighted by Crippen LogP contribution is 2.27. The molecule has 0 aromatic heterocycles. The Hall–Kier alpha value is 0.160. The molecule has 1 fully saturated rings. The fraction of sp³-hybridized carbons (Fsp3) is 0.917. The van der Waals surface area contributed by atoms with Gasteiger partial charge in [-0.15, -0.1) is 0 Å². The van der Waals surface area contributed by atoms with E-state index in [4.69, 9.17) is 22.7 Å². The summed E-state index contributed by atoms with van der Waals surface area (Å²) in [6.45, 7) is 8.14. The van der Waals surface area contributed by atoms with Gasteiger partial charge in [-0.05, 0) is 25.5 Å². The molecule has 0 spiro atoms. The number of nitrogens with zero attached hydrogens (tertiary/aromatic N) is 1. The van der Waals surface area contributed by atoms with Crippen molar-refractivity contribution < 1.29 is 4.74 Å². The summed E-state index contributed by atoms with van der Waals surface area (Å²) >= 11 is 7.16. The van der Waals surface area contributed by atoms with Crippen molar-refractivity contribution in [3.05, 3.63) is 0 Å². The van der Waals surface area contributed by atoms with Crippen molar-refractivity contribution in [2.75, 3.05) is 37.7 Å². The predicted molar refractivity (Wildman–Crippen MR) is 79.8 cm³/mol. The number of hydrogen-bond donors (Lipinski definition) is 1. The topological polar surface area (TPSA) is 38.5 Å². The lowest BCUT2D eigenvalue weighted by molar-refractivity contribution is -0.0275. The standard InChI is InChI=1S/C12H24N2OS2/c1-3-15-12(11(13)16)5-7-14(8-6-12)9-10-17-4-2/h3-10H2,1-2H3,(H2,13,16). The lowest BCUT2D eigenvalue weighted by atomic mass is 9.91. The van der Waals surface area contributed by atoms with E-state index in [2.05, 4.69) is 11.8 Å². The van der Waals surface area contributed by atoms with Gasteiger partial charge >= 0.3 is 0 Å². The Kier molecular flexibility index (Phi) is 6.77. The highest BCUT2D eigenvalue weighted by Gasteiger charge is 2.37. The van der Waals surface area contributed by atoms with Gasteiger partial charge in [-0.1, -0.05) is 19.1 Å². The molecular formula is C12H24N2OS2. The molecule has 1 heterocycles. The van der Waals surface area contributed by atoms with Gasteiger partial charge in [0.25, 0.3) is 0 Å². The SMILES string of the molecule is CCOC1(C(N)=S)CCN(CCSCC)CC1. The zero-order valence-corrected chi connectivity index (χ0v) is 12.5. The van der Waals surface area contributed by atoms with E-state index in [0.29, 0.717) is 11.6 Å². The zero-order chi connectivity index (χ0) is 12.7. The molecule has 0 unspecified atom stereocenters. The van der Waals surface area contributed by atoms with Gasteiger partial charge < -0.3 is 15.4 Å². The molecule has 0 atom stereocenters. The number of piperidine rings is 1. The van der Waals surface area contributed by atoms with Crippen LogP contribution in [0.3, 0.4) is 0 Å². The second-order valence-corrected chi connectivity index (χ2v) is 6.16. The molecule has 0 saturated carbocycles. The van der Waals surface area contributed by atoms with E-state index in [9.17, 15) is 0 Å². The molecule has 1 saturated heterocycles.